The van der Waals surface area contributed by atoms with Gasteiger partial charge in [-0.25, -0.2) is 9.97 Å². The average molecular weight is 344 g/mol. The summed E-state index contributed by atoms with van der Waals surface area (Å²) in [4.78, 5) is 13.8. The average Bonchev–Trinajstić information content (AvgIpc) is 3.01. The molecule has 6 nitrogen and oxygen atoms in total. The molecular weight excluding hydrogens is 316 g/mol. The highest BCUT2D eigenvalue weighted by molar-refractivity contribution is 5.47. The van der Waals surface area contributed by atoms with Crippen LogP contribution in [0.15, 0.2) is 22.7 Å². The molecule has 136 valence electrons. The molecular formula is C19H28N4O2. The van der Waals surface area contributed by atoms with E-state index < -0.39 is 0 Å². The van der Waals surface area contributed by atoms with E-state index in [1.807, 2.05) is 32.2 Å². The van der Waals surface area contributed by atoms with Gasteiger partial charge in [-0.1, -0.05) is 6.92 Å². The predicted molar refractivity (Wildman–Crippen MR) is 97.7 cm³/mol. The van der Waals surface area contributed by atoms with Gasteiger partial charge < -0.3 is 14.4 Å². The van der Waals surface area contributed by atoms with Crippen molar-refractivity contribution in [3.8, 4) is 0 Å². The van der Waals surface area contributed by atoms with Crippen LogP contribution in [0.1, 0.15) is 36.3 Å². The van der Waals surface area contributed by atoms with Crippen molar-refractivity contribution in [1.29, 1.82) is 0 Å². The number of rotatable bonds is 6. The highest BCUT2D eigenvalue weighted by Gasteiger charge is 2.29. The Labute approximate surface area is 149 Å². The number of aromatic nitrogens is 2. The fourth-order valence-corrected chi connectivity index (χ4v) is 3.49. The van der Waals surface area contributed by atoms with Crippen molar-refractivity contribution in [2.75, 3.05) is 31.1 Å². The largest absolute Gasteiger partial charge is 0.465 e. The Hall–Kier alpha value is -1.92. The molecule has 0 saturated carbocycles. The van der Waals surface area contributed by atoms with Crippen LogP contribution in [0.2, 0.25) is 0 Å². The van der Waals surface area contributed by atoms with E-state index in [0.717, 1.165) is 62.2 Å². The molecule has 1 aliphatic rings. The van der Waals surface area contributed by atoms with Crippen molar-refractivity contribution in [3.63, 3.8) is 0 Å². The lowest BCUT2D eigenvalue weighted by Crippen LogP contribution is -2.53. The highest BCUT2D eigenvalue weighted by atomic mass is 16.3. The van der Waals surface area contributed by atoms with Crippen LogP contribution in [0.3, 0.4) is 0 Å². The first kappa shape index (κ1) is 17.9. The Balaban J connectivity index is 1.75. The van der Waals surface area contributed by atoms with Crippen LogP contribution < -0.4 is 4.90 Å². The van der Waals surface area contributed by atoms with Crippen LogP contribution in [0.5, 0.6) is 0 Å². The monoisotopic (exact) mass is 344 g/mol. The molecule has 0 aliphatic carbocycles. The quantitative estimate of drug-likeness (QED) is 0.867. The number of aliphatic hydroxyl groups is 1. The molecule has 3 heterocycles. The van der Waals surface area contributed by atoms with E-state index in [-0.39, 0.29) is 12.6 Å². The Morgan fingerprint density at radius 1 is 1.28 bits per heavy atom. The normalized spacial score (nSPS) is 18.7. The van der Waals surface area contributed by atoms with Crippen LogP contribution in [-0.2, 0) is 13.0 Å². The molecule has 0 amide bonds. The van der Waals surface area contributed by atoms with E-state index in [4.69, 9.17) is 4.42 Å². The number of furan rings is 1. The number of hydrogen-bond donors (Lipinski definition) is 1. The minimum atomic E-state index is 0.190. The van der Waals surface area contributed by atoms with Gasteiger partial charge in [0.05, 0.1) is 6.54 Å². The second-order valence-electron chi connectivity index (χ2n) is 6.71. The summed E-state index contributed by atoms with van der Waals surface area (Å²) >= 11 is 0. The number of aryl methyl sites for hydroxylation is 3. The van der Waals surface area contributed by atoms with Gasteiger partial charge in [0.25, 0.3) is 0 Å². The number of hydrogen-bond acceptors (Lipinski definition) is 6. The second kappa shape index (κ2) is 7.97. The molecule has 0 aromatic carbocycles. The molecule has 1 N–H and O–H groups in total. The van der Waals surface area contributed by atoms with Crippen molar-refractivity contribution >= 4 is 5.82 Å². The zero-order valence-corrected chi connectivity index (χ0v) is 15.4. The van der Waals surface area contributed by atoms with Crippen LogP contribution in [0, 0.1) is 13.8 Å². The third-order valence-electron chi connectivity index (χ3n) is 4.86. The van der Waals surface area contributed by atoms with E-state index in [1.54, 1.807) is 0 Å². The van der Waals surface area contributed by atoms with Crippen LogP contribution in [0.25, 0.3) is 0 Å². The number of nitrogens with zero attached hydrogens (tertiary/aromatic N) is 4. The van der Waals surface area contributed by atoms with Gasteiger partial charge in [0.1, 0.15) is 23.2 Å². The van der Waals surface area contributed by atoms with E-state index in [2.05, 4.69) is 26.7 Å². The van der Waals surface area contributed by atoms with Crippen molar-refractivity contribution in [1.82, 2.24) is 14.9 Å². The van der Waals surface area contributed by atoms with Gasteiger partial charge in [0.15, 0.2) is 0 Å². The molecule has 0 unspecified atom stereocenters. The van der Waals surface area contributed by atoms with Crippen molar-refractivity contribution < 1.29 is 9.52 Å². The molecule has 1 fully saturated rings. The zero-order chi connectivity index (χ0) is 17.8. The minimum Gasteiger partial charge on any atom is -0.465 e. The van der Waals surface area contributed by atoms with E-state index in [0.29, 0.717) is 0 Å². The summed E-state index contributed by atoms with van der Waals surface area (Å²) in [5, 5.41) is 9.51. The van der Waals surface area contributed by atoms with Crippen LogP contribution in [0.4, 0.5) is 5.82 Å². The van der Waals surface area contributed by atoms with Gasteiger partial charge in [0.2, 0.25) is 0 Å². The molecule has 6 heteroatoms. The van der Waals surface area contributed by atoms with Gasteiger partial charge in [-0.15, -0.1) is 0 Å². The molecule has 0 bridgehead atoms. The molecule has 2 aromatic heterocycles. The maximum Gasteiger partial charge on any atom is 0.135 e. The first-order valence-electron chi connectivity index (χ1n) is 9.08. The van der Waals surface area contributed by atoms with E-state index in [1.165, 1.54) is 5.56 Å². The highest BCUT2D eigenvalue weighted by Crippen LogP contribution is 2.24. The Bertz CT molecular complexity index is 700. The first-order chi connectivity index (χ1) is 12.1. The van der Waals surface area contributed by atoms with E-state index >= 15 is 0 Å². The maximum atomic E-state index is 9.51. The summed E-state index contributed by atoms with van der Waals surface area (Å²) in [7, 11) is 0. The smallest absolute Gasteiger partial charge is 0.135 e. The topological polar surface area (TPSA) is 65.6 Å². The summed E-state index contributed by atoms with van der Waals surface area (Å²) in [5.74, 6) is 3.78. The van der Waals surface area contributed by atoms with E-state index in [9.17, 15) is 5.11 Å². The standard InChI is InChI=1S/C19H28N4O2/c1-4-16-11-20-15(3)21-19(16)23-9-8-22(17(12-23)7-10-24)13-18-6-5-14(2)25-18/h5-6,11,17,24H,4,7-10,12-13H2,1-3H3/t17-/m0/s1. The summed E-state index contributed by atoms with van der Waals surface area (Å²) in [6.45, 7) is 9.73. The van der Waals surface area contributed by atoms with Gasteiger partial charge in [-0.2, -0.15) is 0 Å². The lowest BCUT2D eigenvalue weighted by molar-refractivity contribution is 0.126. The Morgan fingerprint density at radius 2 is 2.12 bits per heavy atom. The summed E-state index contributed by atoms with van der Waals surface area (Å²) in [6, 6.07) is 4.33. The minimum absolute atomic E-state index is 0.190. The number of anilines is 1. The molecule has 2 aromatic rings. The van der Waals surface area contributed by atoms with Crippen LogP contribution >= 0.6 is 0 Å². The second-order valence-corrected chi connectivity index (χ2v) is 6.71. The summed E-state index contributed by atoms with van der Waals surface area (Å²) in [6.07, 6.45) is 3.62. The lowest BCUT2D eigenvalue weighted by Gasteiger charge is -2.42. The molecule has 3 rings (SSSR count). The van der Waals surface area contributed by atoms with Gasteiger partial charge in [0, 0.05) is 44.0 Å². The lowest BCUT2D eigenvalue weighted by atomic mass is 10.1. The third-order valence-corrected chi connectivity index (χ3v) is 4.86. The van der Waals surface area contributed by atoms with Gasteiger partial charge in [-0.05, 0) is 38.8 Å². The Morgan fingerprint density at radius 3 is 2.80 bits per heavy atom. The molecule has 1 saturated heterocycles. The van der Waals surface area contributed by atoms with Gasteiger partial charge in [-0.3, -0.25) is 4.90 Å². The fraction of sp³-hybridized carbons (Fsp3) is 0.579. The maximum absolute atomic E-state index is 9.51. The fourth-order valence-electron chi connectivity index (χ4n) is 3.49. The SMILES string of the molecule is CCc1cnc(C)nc1N1CCN(Cc2ccc(C)o2)[C@@H](CCO)C1. The van der Waals surface area contributed by atoms with Crippen molar-refractivity contribution in [2.45, 2.75) is 46.2 Å². The third kappa shape index (κ3) is 4.19. The van der Waals surface area contributed by atoms with Crippen molar-refractivity contribution in [3.05, 3.63) is 41.2 Å². The Kier molecular flexibility index (Phi) is 5.71. The summed E-state index contributed by atoms with van der Waals surface area (Å²) < 4.78 is 5.74. The number of aliphatic hydroxyl groups excluding tert-OH is 1. The molecule has 0 spiro atoms. The summed E-state index contributed by atoms with van der Waals surface area (Å²) in [5.41, 5.74) is 1.18. The first-order valence-corrected chi connectivity index (χ1v) is 9.08. The molecule has 1 aliphatic heterocycles. The van der Waals surface area contributed by atoms with Crippen LogP contribution in [-0.4, -0.2) is 52.3 Å². The molecule has 0 radical (unpaired) electrons. The van der Waals surface area contributed by atoms with Crippen molar-refractivity contribution in [2.24, 2.45) is 0 Å². The predicted octanol–water partition coefficient (Wildman–Crippen LogP) is 2.32. The number of piperazine rings is 1. The van der Waals surface area contributed by atoms with Gasteiger partial charge >= 0.3 is 0 Å². The molecule has 25 heavy (non-hydrogen) atoms. The molecule has 1 atom stereocenters. The zero-order valence-electron chi connectivity index (χ0n) is 15.4.